The summed E-state index contributed by atoms with van der Waals surface area (Å²) in [6, 6.07) is 11.0. The number of carbonyl (C=O) groups excluding carboxylic acids is 1. The summed E-state index contributed by atoms with van der Waals surface area (Å²) in [6.07, 6.45) is -5.06. The van der Waals surface area contributed by atoms with E-state index in [4.69, 9.17) is 4.74 Å². The topological polar surface area (TPSA) is 82.0 Å². The molecule has 0 unspecified atom stereocenters. The van der Waals surface area contributed by atoms with Gasteiger partial charge in [0.05, 0.1) is 5.56 Å². The number of rotatable bonds is 6. The van der Waals surface area contributed by atoms with Gasteiger partial charge in [-0.1, -0.05) is 51.4 Å². The zero-order valence-electron chi connectivity index (χ0n) is 16.7. The number of hydrogen-bond acceptors (Lipinski definition) is 6. The Morgan fingerprint density at radius 2 is 1.61 bits per heavy atom. The van der Waals surface area contributed by atoms with Crippen LogP contribution >= 0.6 is 15.9 Å². The first kappa shape index (κ1) is 24.9. The van der Waals surface area contributed by atoms with Gasteiger partial charge in [-0.25, -0.2) is 4.79 Å². The maximum Gasteiger partial charge on any atom is 0.437 e. The fourth-order valence-electron chi connectivity index (χ4n) is 2.35. The molecule has 0 amide bonds. The average Bonchev–Trinajstić information content (AvgIpc) is 2.59. The predicted molar refractivity (Wildman–Crippen MR) is 112 cm³/mol. The number of benzene rings is 2. The van der Waals surface area contributed by atoms with Crippen molar-refractivity contribution >= 4 is 37.7 Å². The number of alkyl halides is 3. The molecule has 0 saturated carbocycles. The third-order valence-corrected chi connectivity index (χ3v) is 4.95. The molecule has 31 heavy (non-hydrogen) atoms. The summed E-state index contributed by atoms with van der Waals surface area (Å²) in [4.78, 5) is 12.3. The van der Waals surface area contributed by atoms with Gasteiger partial charge in [-0.2, -0.15) is 21.6 Å². The quantitative estimate of drug-likeness (QED) is 0.295. The van der Waals surface area contributed by atoms with E-state index < -0.39 is 44.9 Å². The monoisotopic (exact) mass is 521 g/mol. The molecule has 168 valence electrons. The van der Waals surface area contributed by atoms with E-state index in [0.29, 0.717) is 5.56 Å². The summed E-state index contributed by atoms with van der Waals surface area (Å²) in [6.45, 7) is 4.83. The number of esters is 1. The maximum atomic E-state index is 13.6. The summed E-state index contributed by atoms with van der Waals surface area (Å²) in [5.74, 6) is -1.52. The van der Waals surface area contributed by atoms with Crippen molar-refractivity contribution in [2.24, 2.45) is 5.16 Å². The smallest absolute Gasteiger partial charge is 0.437 e. The Balaban J connectivity index is 2.39. The SMILES string of the molecule is CC(C)(C)OC(=O)c1cc(Br)cc(C(=NOS(=O)(=O)Cc2ccccc2)C(F)(F)F)c1. The van der Waals surface area contributed by atoms with Gasteiger partial charge in [0.1, 0.15) is 11.4 Å². The van der Waals surface area contributed by atoms with Crippen molar-refractivity contribution < 1.29 is 35.4 Å². The Bertz CT molecular complexity index is 1080. The molecule has 0 saturated heterocycles. The third-order valence-electron chi connectivity index (χ3n) is 3.50. The van der Waals surface area contributed by atoms with Crippen LogP contribution in [0, 0.1) is 0 Å². The van der Waals surface area contributed by atoms with Crippen molar-refractivity contribution in [2.45, 2.75) is 38.3 Å². The van der Waals surface area contributed by atoms with Gasteiger partial charge in [-0.15, -0.1) is 0 Å². The molecule has 2 aromatic rings. The van der Waals surface area contributed by atoms with E-state index in [2.05, 4.69) is 25.4 Å². The number of ether oxygens (including phenoxy) is 1. The standard InChI is InChI=1S/C20H19BrF3NO5S/c1-19(2,3)29-18(26)15-9-14(10-16(21)11-15)17(20(22,23)24)25-30-31(27,28)12-13-7-5-4-6-8-13/h4-11H,12H2,1-3H3. The van der Waals surface area contributed by atoms with Crippen LogP contribution in [-0.4, -0.2) is 31.9 Å². The Morgan fingerprint density at radius 1 is 1.03 bits per heavy atom. The number of nitrogens with zero attached hydrogens (tertiary/aromatic N) is 1. The van der Waals surface area contributed by atoms with Gasteiger partial charge in [-0.05, 0) is 44.5 Å². The van der Waals surface area contributed by atoms with E-state index in [1.54, 1.807) is 39.0 Å². The predicted octanol–water partition coefficient (Wildman–Crippen LogP) is 5.22. The summed E-state index contributed by atoms with van der Waals surface area (Å²) in [5.41, 5.74) is -2.91. The van der Waals surface area contributed by atoms with Crippen LogP contribution in [0.3, 0.4) is 0 Å². The van der Waals surface area contributed by atoms with Gasteiger partial charge in [0, 0.05) is 10.0 Å². The molecule has 11 heteroatoms. The van der Waals surface area contributed by atoms with Crippen molar-refractivity contribution in [1.29, 1.82) is 0 Å². The highest BCUT2D eigenvalue weighted by Crippen LogP contribution is 2.27. The molecular weight excluding hydrogens is 503 g/mol. The zero-order valence-corrected chi connectivity index (χ0v) is 19.1. The maximum absolute atomic E-state index is 13.6. The molecule has 0 aliphatic heterocycles. The van der Waals surface area contributed by atoms with E-state index in [9.17, 15) is 26.4 Å². The Labute approximate surface area is 186 Å². The van der Waals surface area contributed by atoms with Crippen molar-refractivity contribution in [3.8, 4) is 0 Å². The summed E-state index contributed by atoms with van der Waals surface area (Å²) >= 11 is 3.04. The van der Waals surface area contributed by atoms with E-state index >= 15 is 0 Å². The molecule has 0 aromatic heterocycles. The molecular formula is C20H19BrF3NO5S. The van der Waals surface area contributed by atoms with E-state index in [0.717, 1.165) is 12.1 Å². The van der Waals surface area contributed by atoms with Crippen LogP contribution in [0.2, 0.25) is 0 Å². The second-order valence-electron chi connectivity index (χ2n) is 7.43. The Hall–Kier alpha value is -2.40. The second kappa shape index (κ2) is 9.39. The fraction of sp³-hybridized carbons (Fsp3) is 0.300. The molecule has 0 fully saturated rings. The van der Waals surface area contributed by atoms with Gasteiger partial charge in [-0.3, -0.25) is 4.28 Å². The molecule has 2 rings (SSSR count). The lowest BCUT2D eigenvalue weighted by molar-refractivity contribution is -0.0597. The van der Waals surface area contributed by atoms with Crippen LogP contribution in [-0.2, 0) is 24.9 Å². The van der Waals surface area contributed by atoms with Crippen LogP contribution < -0.4 is 0 Å². The van der Waals surface area contributed by atoms with Crippen molar-refractivity contribution in [1.82, 2.24) is 0 Å². The van der Waals surface area contributed by atoms with Crippen LogP contribution in [0.5, 0.6) is 0 Å². The Morgan fingerprint density at radius 3 is 2.16 bits per heavy atom. The molecule has 0 spiro atoms. The molecule has 0 bridgehead atoms. The van der Waals surface area contributed by atoms with Crippen molar-refractivity contribution in [3.63, 3.8) is 0 Å². The minimum Gasteiger partial charge on any atom is -0.456 e. The highest BCUT2D eigenvalue weighted by Gasteiger charge is 2.39. The summed E-state index contributed by atoms with van der Waals surface area (Å²) in [5, 5.41) is 2.88. The van der Waals surface area contributed by atoms with Crippen molar-refractivity contribution in [3.05, 3.63) is 69.7 Å². The number of halogens is 4. The van der Waals surface area contributed by atoms with Gasteiger partial charge >= 0.3 is 22.3 Å². The molecule has 0 heterocycles. The van der Waals surface area contributed by atoms with E-state index in [-0.39, 0.29) is 10.0 Å². The van der Waals surface area contributed by atoms with Gasteiger partial charge in [0.25, 0.3) is 0 Å². The van der Waals surface area contributed by atoms with Crippen LogP contribution in [0.25, 0.3) is 0 Å². The summed E-state index contributed by atoms with van der Waals surface area (Å²) < 4.78 is 74.6. The third kappa shape index (κ3) is 7.98. The molecule has 0 atom stereocenters. The highest BCUT2D eigenvalue weighted by molar-refractivity contribution is 9.10. The fourth-order valence-corrected chi connectivity index (χ4v) is 3.68. The van der Waals surface area contributed by atoms with Gasteiger partial charge in [0.15, 0.2) is 5.71 Å². The normalized spacial score (nSPS) is 13.1. The molecule has 6 nitrogen and oxygen atoms in total. The van der Waals surface area contributed by atoms with Crippen molar-refractivity contribution in [2.75, 3.05) is 0 Å². The molecule has 0 aliphatic carbocycles. The summed E-state index contributed by atoms with van der Waals surface area (Å²) in [7, 11) is -4.45. The number of carbonyl (C=O) groups is 1. The molecule has 0 aliphatic rings. The number of hydrogen-bond donors (Lipinski definition) is 0. The molecule has 0 N–H and O–H groups in total. The lowest BCUT2D eigenvalue weighted by Gasteiger charge is -2.20. The average molecular weight is 522 g/mol. The van der Waals surface area contributed by atoms with Crippen LogP contribution in [0.15, 0.2) is 58.2 Å². The second-order valence-corrected chi connectivity index (χ2v) is 9.90. The first-order valence-electron chi connectivity index (χ1n) is 8.81. The molecule has 2 aromatic carbocycles. The first-order valence-corrected chi connectivity index (χ1v) is 11.2. The number of oxime groups is 1. The van der Waals surface area contributed by atoms with Gasteiger partial charge < -0.3 is 4.74 Å². The largest absolute Gasteiger partial charge is 0.456 e. The first-order chi connectivity index (χ1) is 14.2. The van der Waals surface area contributed by atoms with Gasteiger partial charge in [0.2, 0.25) is 0 Å². The van der Waals surface area contributed by atoms with Crippen LogP contribution in [0.4, 0.5) is 13.2 Å². The minimum absolute atomic E-state index is 0.134. The zero-order chi connectivity index (χ0) is 23.4. The minimum atomic E-state index is -5.06. The highest BCUT2D eigenvalue weighted by atomic mass is 79.9. The Kier molecular flexibility index (Phi) is 7.53. The molecule has 0 radical (unpaired) electrons. The van der Waals surface area contributed by atoms with E-state index in [1.807, 2.05) is 0 Å². The lowest BCUT2D eigenvalue weighted by atomic mass is 10.1. The lowest BCUT2D eigenvalue weighted by Crippen LogP contribution is -2.26. The van der Waals surface area contributed by atoms with E-state index in [1.165, 1.54) is 18.2 Å². The van der Waals surface area contributed by atoms with Crippen LogP contribution in [0.1, 0.15) is 42.3 Å².